The van der Waals surface area contributed by atoms with Crippen molar-refractivity contribution in [3.8, 4) is 0 Å². The molecule has 0 saturated carbocycles. The first-order valence-corrected chi connectivity index (χ1v) is 8.34. The Morgan fingerprint density at radius 1 is 1.35 bits per heavy atom. The molecule has 1 fully saturated rings. The predicted octanol–water partition coefficient (Wildman–Crippen LogP) is 2.72. The number of hydrogen-bond donors (Lipinski definition) is 2. The number of nitrogens with zero attached hydrogens (tertiary/aromatic N) is 1. The minimum Gasteiger partial charge on any atom is -0.480 e. The predicted molar refractivity (Wildman–Crippen MR) is 86.8 cm³/mol. The lowest BCUT2D eigenvalue weighted by Gasteiger charge is -2.30. The van der Waals surface area contributed by atoms with E-state index in [9.17, 15) is 19.4 Å². The van der Waals surface area contributed by atoms with Crippen LogP contribution in [0.25, 0.3) is 0 Å². The summed E-state index contributed by atoms with van der Waals surface area (Å²) in [5, 5.41) is 19.4. The van der Waals surface area contributed by atoms with Gasteiger partial charge in [-0.25, -0.2) is 4.39 Å². The number of carbonyl (C=O) groups is 1. The summed E-state index contributed by atoms with van der Waals surface area (Å²) in [7, 11) is 0. The van der Waals surface area contributed by atoms with Gasteiger partial charge in [-0.15, -0.1) is 0 Å². The van der Waals surface area contributed by atoms with E-state index in [1.165, 1.54) is 12.1 Å². The van der Waals surface area contributed by atoms with Crippen LogP contribution in [0.3, 0.4) is 0 Å². The molecule has 0 amide bonds. The first-order chi connectivity index (χ1) is 11.0. The Balaban J connectivity index is 2.24. The number of carboxylic acid groups (broad SMARTS) is 1. The molecular weight excluding hydrogens is 297 g/mol. The Bertz CT molecular complexity index is 533. The van der Waals surface area contributed by atoms with E-state index in [2.05, 4.69) is 0 Å². The van der Waals surface area contributed by atoms with Crippen LogP contribution in [0, 0.1) is 17.7 Å². The van der Waals surface area contributed by atoms with E-state index in [-0.39, 0.29) is 30.2 Å². The van der Waals surface area contributed by atoms with Gasteiger partial charge >= 0.3 is 5.97 Å². The van der Waals surface area contributed by atoms with E-state index in [4.69, 9.17) is 0 Å². The first-order valence-electron chi connectivity index (χ1n) is 8.34. The molecule has 0 unspecified atom stereocenters. The molecule has 0 radical (unpaired) electrons. The summed E-state index contributed by atoms with van der Waals surface area (Å²) >= 11 is 0. The number of aliphatic hydroxyl groups is 1. The molecule has 1 saturated heterocycles. The summed E-state index contributed by atoms with van der Waals surface area (Å²) < 4.78 is 13.5. The average Bonchev–Trinajstić information content (AvgIpc) is 2.95. The third kappa shape index (κ3) is 3.90. The lowest BCUT2D eigenvalue weighted by molar-refractivity contribution is -0.145. The fraction of sp³-hybridized carbons (Fsp3) is 0.611. The van der Waals surface area contributed by atoms with Gasteiger partial charge in [0.25, 0.3) is 0 Å². The zero-order chi connectivity index (χ0) is 17.0. The van der Waals surface area contributed by atoms with E-state index in [1.807, 2.05) is 24.8 Å². The molecule has 2 rings (SSSR count). The van der Waals surface area contributed by atoms with Gasteiger partial charge in [0.1, 0.15) is 11.9 Å². The first kappa shape index (κ1) is 17.9. The fourth-order valence-corrected chi connectivity index (χ4v) is 3.82. The van der Waals surface area contributed by atoms with E-state index in [1.54, 1.807) is 6.07 Å². The van der Waals surface area contributed by atoms with E-state index < -0.39 is 12.0 Å². The minimum atomic E-state index is -0.810. The van der Waals surface area contributed by atoms with E-state index in [0.717, 1.165) is 18.4 Å². The summed E-state index contributed by atoms with van der Waals surface area (Å²) in [6, 6.07) is 5.86. The maximum Gasteiger partial charge on any atom is 0.321 e. The van der Waals surface area contributed by atoms with Crippen LogP contribution in [0.15, 0.2) is 24.3 Å². The highest BCUT2D eigenvalue weighted by molar-refractivity contribution is 5.74. The van der Waals surface area contributed by atoms with Crippen molar-refractivity contribution in [2.45, 2.75) is 38.6 Å². The Morgan fingerprint density at radius 2 is 2.04 bits per heavy atom. The molecule has 5 heteroatoms. The van der Waals surface area contributed by atoms with Gasteiger partial charge < -0.3 is 10.2 Å². The normalized spacial score (nSPS) is 23.3. The lowest BCUT2D eigenvalue weighted by Crippen LogP contribution is -2.45. The monoisotopic (exact) mass is 323 g/mol. The summed E-state index contributed by atoms with van der Waals surface area (Å²) in [5.41, 5.74) is 0.834. The highest BCUT2D eigenvalue weighted by Gasteiger charge is 2.41. The highest BCUT2D eigenvalue weighted by atomic mass is 19.1. The number of benzene rings is 1. The molecule has 0 aliphatic carbocycles. The lowest BCUT2D eigenvalue weighted by atomic mass is 9.89. The van der Waals surface area contributed by atoms with Crippen LogP contribution in [0.5, 0.6) is 0 Å². The van der Waals surface area contributed by atoms with Gasteiger partial charge in [-0.3, -0.25) is 9.69 Å². The van der Waals surface area contributed by atoms with Crippen molar-refractivity contribution >= 4 is 5.97 Å². The number of hydrogen-bond acceptors (Lipinski definition) is 3. The van der Waals surface area contributed by atoms with Gasteiger partial charge in [0, 0.05) is 31.5 Å². The van der Waals surface area contributed by atoms with Crippen molar-refractivity contribution < 1.29 is 19.4 Å². The van der Waals surface area contributed by atoms with Crippen molar-refractivity contribution in [3.05, 3.63) is 35.6 Å². The largest absolute Gasteiger partial charge is 0.480 e. The molecular formula is C18H26FNO3. The molecule has 1 aliphatic heterocycles. The quantitative estimate of drug-likeness (QED) is 0.810. The second-order valence-electron chi connectivity index (χ2n) is 6.42. The van der Waals surface area contributed by atoms with Gasteiger partial charge in [0.2, 0.25) is 0 Å². The Morgan fingerprint density at radius 3 is 2.57 bits per heavy atom. The van der Waals surface area contributed by atoms with Crippen molar-refractivity contribution in [2.24, 2.45) is 11.8 Å². The summed E-state index contributed by atoms with van der Waals surface area (Å²) in [6.45, 7) is 5.07. The molecule has 1 aliphatic rings. The van der Waals surface area contributed by atoms with Crippen molar-refractivity contribution in [2.75, 3.05) is 19.7 Å². The third-order valence-electron chi connectivity index (χ3n) is 5.12. The number of aliphatic carboxylic acids is 1. The minimum absolute atomic E-state index is 0.0209. The van der Waals surface area contributed by atoms with Crippen LogP contribution in [0.4, 0.5) is 4.39 Å². The summed E-state index contributed by atoms with van der Waals surface area (Å²) in [4.78, 5) is 13.7. The van der Waals surface area contributed by atoms with Crippen LogP contribution in [-0.4, -0.2) is 46.8 Å². The molecule has 0 bridgehead atoms. The maximum absolute atomic E-state index is 13.5. The number of aliphatic hydroxyl groups excluding tert-OH is 1. The van der Waals surface area contributed by atoms with Crippen LogP contribution in [0.1, 0.15) is 38.2 Å². The number of carboxylic acids is 1. The molecule has 1 heterocycles. The van der Waals surface area contributed by atoms with Crippen molar-refractivity contribution in [1.82, 2.24) is 4.90 Å². The average molecular weight is 323 g/mol. The van der Waals surface area contributed by atoms with Crippen molar-refractivity contribution in [3.63, 3.8) is 0 Å². The Hall–Kier alpha value is -1.46. The molecule has 0 aromatic heterocycles. The highest BCUT2D eigenvalue weighted by Crippen LogP contribution is 2.35. The SMILES string of the molecule is CCC(CC)[C@H](C(=O)O)N1C[C@H](CO)[C@@H](c2cccc(F)c2)C1. The van der Waals surface area contributed by atoms with Gasteiger partial charge in [0.15, 0.2) is 0 Å². The smallest absolute Gasteiger partial charge is 0.321 e. The van der Waals surface area contributed by atoms with Crippen LogP contribution >= 0.6 is 0 Å². The molecule has 2 N–H and O–H groups in total. The van der Waals surface area contributed by atoms with Gasteiger partial charge in [-0.1, -0.05) is 38.8 Å². The van der Waals surface area contributed by atoms with Crippen molar-refractivity contribution in [1.29, 1.82) is 0 Å². The molecule has 3 atom stereocenters. The van der Waals surface area contributed by atoms with Gasteiger partial charge in [-0.05, 0) is 23.6 Å². The molecule has 23 heavy (non-hydrogen) atoms. The van der Waals surface area contributed by atoms with Gasteiger partial charge in [0.05, 0.1) is 0 Å². The second-order valence-corrected chi connectivity index (χ2v) is 6.42. The second kappa shape index (κ2) is 7.88. The maximum atomic E-state index is 13.5. The van der Waals surface area contributed by atoms with Crippen LogP contribution in [0.2, 0.25) is 0 Å². The Kier molecular flexibility index (Phi) is 6.13. The van der Waals surface area contributed by atoms with E-state index >= 15 is 0 Å². The molecule has 4 nitrogen and oxygen atoms in total. The van der Waals surface area contributed by atoms with E-state index in [0.29, 0.717) is 13.1 Å². The summed E-state index contributed by atoms with van der Waals surface area (Å²) in [6.07, 6.45) is 1.61. The van der Waals surface area contributed by atoms with Crippen LogP contribution < -0.4 is 0 Å². The Labute approximate surface area is 136 Å². The number of rotatable bonds is 7. The molecule has 1 aromatic carbocycles. The number of likely N-dealkylation sites (tertiary alicyclic amines) is 1. The molecule has 128 valence electrons. The third-order valence-corrected chi connectivity index (χ3v) is 5.12. The number of halogens is 1. The topological polar surface area (TPSA) is 60.8 Å². The van der Waals surface area contributed by atoms with Crippen LogP contribution in [-0.2, 0) is 4.79 Å². The zero-order valence-corrected chi connectivity index (χ0v) is 13.8. The standard InChI is InChI=1S/C18H26FNO3/c1-3-12(4-2)17(18(22)23)20-9-14(11-21)16(10-20)13-6-5-7-15(19)8-13/h5-8,12,14,16-17,21H,3-4,9-11H2,1-2H3,(H,22,23)/t14-,16-,17-/m1/s1. The molecule has 0 spiro atoms. The fourth-order valence-electron chi connectivity index (χ4n) is 3.82. The zero-order valence-electron chi connectivity index (χ0n) is 13.8. The molecule has 1 aromatic rings. The van der Waals surface area contributed by atoms with Gasteiger partial charge in [-0.2, -0.15) is 0 Å². The summed E-state index contributed by atoms with van der Waals surface area (Å²) in [5.74, 6) is -1.12.